The summed E-state index contributed by atoms with van der Waals surface area (Å²) in [5.41, 5.74) is 0.711. The monoisotopic (exact) mass is 336 g/mol. The van der Waals surface area contributed by atoms with Gasteiger partial charge in [0.05, 0.1) is 14.2 Å². The van der Waals surface area contributed by atoms with Gasteiger partial charge in [-0.1, -0.05) is 23.7 Å². The van der Waals surface area contributed by atoms with Crippen molar-refractivity contribution in [2.75, 3.05) is 14.2 Å². The minimum absolute atomic E-state index is 0.148. The molecule has 0 spiro atoms. The lowest BCUT2D eigenvalue weighted by molar-refractivity contribution is -0.145. The first kappa shape index (κ1) is 17.0. The molecule has 0 saturated carbocycles. The van der Waals surface area contributed by atoms with Crippen LogP contribution in [0.5, 0.6) is 17.2 Å². The number of benzene rings is 2. The zero-order valence-electron chi connectivity index (χ0n) is 12.8. The predicted octanol–water partition coefficient (Wildman–Crippen LogP) is 3.43. The number of halogens is 1. The van der Waals surface area contributed by atoms with Gasteiger partial charge >= 0.3 is 5.97 Å². The normalized spacial score (nSPS) is 11.6. The predicted molar refractivity (Wildman–Crippen MR) is 86.8 cm³/mol. The second-order valence-corrected chi connectivity index (χ2v) is 5.22. The van der Waals surface area contributed by atoms with Crippen molar-refractivity contribution < 1.29 is 24.1 Å². The van der Waals surface area contributed by atoms with Gasteiger partial charge in [0, 0.05) is 17.5 Å². The molecule has 6 heteroatoms. The fourth-order valence-electron chi connectivity index (χ4n) is 2.10. The van der Waals surface area contributed by atoms with E-state index in [1.807, 2.05) is 0 Å². The largest absolute Gasteiger partial charge is 0.497 e. The third kappa shape index (κ3) is 4.53. The van der Waals surface area contributed by atoms with Gasteiger partial charge < -0.3 is 19.3 Å². The van der Waals surface area contributed by atoms with Gasteiger partial charge in [0.2, 0.25) is 0 Å². The molecule has 23 heavy (non-hydrogen) atoms. The molecule has 5 nitrogen and oxygen atoms in total. The van der Waals surface area contributed by atoms with E-state index in [0.717, 1.165) is 0 Å². The van der Waals surface area contributed by atoms with Crippen LogP contribution in [0.2, 0.25) is 5.02 Å². The lowest BCUT2D eigenvalue weighted by Crippen LogP contribution is -2.29. The van der Waals surface area contributed by atoms with E-state index in [1.54, 1.807) is 49.6 Å². The maximum Gasteiger partial charge on any atom is 0.345 e. The van der Waals surface area contributed by atoms with Crippen LogP contribution in [0, 0.1) is 0 Å². The van der Waals surface area contributed by atoms with Gasteiger partial charge in [-0.2, -0.15) is 0 Å². The van der Waals surface area contributed by atoms with Crippen molar-refractivity contribution in [3.05, 3.63) is 53.1 Å². The highest BCUT2D eigenvalue weighted by molar-refractivity contribution is 6.30. The number of carboxylic acid groups (broad SMARTS) is 1. The summed E-state index contributed by atoms with van der Waals surface area (Å²) in [7, 11) is 3.07. The molecule has 1 atom stereocenters. The minimum atomic E-state index is -1.07. The van der Waals surface area contributed by atoms with Gasteiger partial charge in [0.1, 0.15) is 17.2 Å². The van der Waals surface area contributed by atoms with Crippen LogP contribution in [-0.2, 0) is 11.2 Å². The molecule has 0 saturated heterocycles. The lowest BCUT2D eigenvalue weighted by atomic mass is 10.1. The van der Waals surface area contributed by atoms with Crippen LogP contribution in [0.1, 0.15) is 5.56 Å². The maximum atomic E-state index is 11.5. The molecule has 122 valence electrons. The summed E-state index contributed by atoms with van der Waals surface area (Å²) in [6.07, 6.45) is -0.912. The first-order valence-corrected chi connectivity index (χ1v) is 7.27. The molecule has 0 aliphatic rings. The number of hydrogen-bond acceptors (Lipinski definition) is 4. The first-order chi connectivity index (χ1) is 11.0. The Morgan fingerprint density at radius 1 is 1.13 bits per heavy atom. The van der Waals surface area contributed by atoms with Crippen molar-refractivity contribution in [1.29, 1.82) is 0 Å². The van der Waals surface area contributed by atoms with Crippen LogP contribution < -0.4 is 14.2 Å². The van der Waals surface area contributed by atoms with E-state index in [9.17, 15) is 9.90 Å². The number of rotatable bonds is 7. The SMILES string of the molecule is COc1ccc(C[C@@H](Oc2cccc(Cl)c2)C(=O)O)c(OC)c1. The smallest absolute Gasteiger partial charge is 0.345 e. The molecule has 0 amide bonds. The second kappa shape index (κ2) is 7.74. The number of methoxy groups -OCH3 is 2. The Hall–Kier alpha value is -2.40. The minimum Gasteiger partial charge on any atom is -0.497 e. The first-order valence-electron chi connectivity index (χ1n) is 6.89. The van der Waals surface area contributed by atoms with Crippen molar-refractivity contribution in [3.63, 3.8) is 0 Å². The molecule has 0 aliphatic carbocycles. The molecule has 0 unspecified atom stereocenters. The highest BCUT2D eigenvalue weighted by Crippen LogP contribution is 2.27. The lowest BCUT2D eigenvalue weighted by Gasteiger charge is -2.17. The third-order valence-corrected chi connectivity index (χ3v) is 3.48. The van der Waals surface area contributed by atoms with E-state index in [4.69, 9.17) is 25.8 Å². The van der Waals surface area contributed by atoms with Crippen molar-refractivity contribution >= 4 is 17.6 Å². The van der Waals surface area contributed by atoms with Crippen LogP contribution in [0.25, 0.3) is 0 Å². The molecule has 0 bridgehead atoms. The van der Waals surface area contributed by atoms with E-state index >= 15 is 0 Å². The Labute approximate surface area is 139 Å². The van der Waals surface area contributed by atoms with Crippen molar-refractivity contribution in [1.82, 2.24) is 0 Å². The summed E-state index contributed by atoms with van der Waals surface area (Å²) in [5, 5.41) is 9.89. The summed E-state index contributed by atoms with van der Waals surface area (Å²) in [4.78, 5) is 11.5. The molecule has 2 aromatic rings. The maximum absolute atomic E-state index is 11.5. The van der Waals surface area contributed by atoms with Gasteiger partial charge in [-0.3, -0.25) is 0 Å². The van der Waals surface area contributed by atoms with Crippen molar-refractivity contribution in [2.24, 2.45) is 0 Å². The fraction of sp³-hybridized carbons (Fsp3) is 0.235. The molecular weight excluding hydrogens is 320 g/mol. The van der Waals surface area contributed by atoms with Gasteiger partial charge in [-0.15, -0.1) is 0 Å². The number of hydrogen-bond donors (Lipinski definition) is 1. The van der Waals surface area contributed by atoms with Gasteiger partial charge in [-0.05, 0) is 29.8 Å². The number of ether oxygens (including phenoxy) is 3. The molecule has 2 rings (SSSR count). The zero-order chi connectivity index (χ0) is 16.8. The standard InChI is InChI=1S/C17H17ClO5/c1-21-13-7-6-11(15(10-13)22-2)8-16(17(19)20)23-14-5-3-4-12(18)9-14/h3-7,9-10,16H,8H2,1-2H3,(H,19,20)/t16-/m1/s1. The molecule has 0 fully saturated rings. The third-order valence-electron chi connectivity index (χ3n) is 3.25. The summed E-state index contributed by atoms with van der Waals surface area (Å²) >= 11 is 5.89. The van der Waals surface area contributed by atoms with E-state index in [-0.39, 0.29) is 6.42 Å². The summed E-state index contributed by atoms with van der Waals surface area (Å²) in [6.45, 7) is 0. The van der Waals surface area contributed by atoms with E-state index in [1.165, 1.54) is 7.11 Å². The zero-order valence-corrected chi connectivity index (χ0v) is 13.5. The highest BCUT2D eigenvalue weighted by atomic mass is 35.5. The molecule has 0 radical (unpaired) electrons. The topological polar surface area (TPSA) is 65.0 Å². The van der Waals surface area contributed by atoms with Crippen LogP contribution >= 0.6 is 11.6 Å². The van der Waals surface area contributed by atoms with E-state index in [0.29, 0.717) is 27.8 Å². The van der Waals surface area contributed by atoms with Crippen LogP contribution in [0.15, 0.2) is 42.5 Å². The summed E-state index contributed by atoms with van der Waals surface area (Å²) in [5.74, 6) is 0.513. The molecule has 0 heterocycles. The number of aliphatic carboxylic acids is 1. The summed E-state index contributed by atoms with van der Waals surface area (Å²) < 4.78 is 16.0. The van der Waals surface area contributed by atoms with Crippen LogP contribution in [-0.4, -0.2) is 31.4 Å². The van der Waals surface area contributed by atoms with Gasteiger partial charge in [-0.25, -0.2) is 4.79 Å². The van der Waals surface area contributed by atoms with Crippen LogP contribution in [0.3, 0.4) is 0 Å². The Morgan fingerprint density at radius 2 is 1.91 bits per heavy atom. The summed E-state index contributed by atoms with van der Waals surface area (Å²) in [6, 6.07) is 11.8. The average Bonchev–Trinajstić information content (AvgIpc) is 2.54. The van der Waals surface area contributed by atoms with Gasteiger partial charge in [0.25, 0.3) is 0 Å². The fourth-order valence-corrected chi connectivity index (χ4v) is 2.28. The molecular formula is C17H17ClO5. The van der Waals surface area contributed by atoms with Gasteiger partial charge in [0.15, 0.2) is 6.10 Å². The average molecular weight is 337 g/mol. The highest BCUT2D eigenvalue weighted by Gasteiger charge is 2.22. The Balaban J connectivity index is 2.21. The van der Waals surface area contributed by atoms with E-state index in [2.05, 4.69) is 0 Å². The quantitative estimate of drug-likeness (QED) is 0.839. The molecule has 2 aromatic carbocycles. The van der Waals surface area contributed by atoms with Crippen molar-refractivity contribution in [2.45, 2.75) is 12.5 Å². The molecule has 0 aromatic heterocycles. The Morgan fingerprint density at radius 3 is 2.52 bits per heavy atom. The second-order valence-electron chi connectivity index (χ2n) is 4.78. The molecule has 1 N–H and O–H groups in total. The van der Waals surface area contributed by atoms with Crippen LogP contribution in [0.4, 0.5) is 0 Å². The molecule has 0 aliphatic heterocycles. The Kier molecular flexibility index (Phi) is 5.71. The number of carboxylic acids is 1. The number of carbonyl (C=O) groups is 1. The van der Waals surface area contributed by atoms with Crippen molar-refractivity contribution in [3.8, 4) is 17.2 Å². The van der Waals surface area contributed by atoms with E-state index < -0.39 is 12.1 Å². The Bertz CT molecular complexity index is 686.